The summed E-state index contributed by atoms with van der Waals surface area (Å²) >= 11 is 2.06. The first kappa shape index (κ1) is 16.2. The molecule has 0 aliphatic carbocycles. The van der Waals surface area contributed by atoms with Crippen LogP contribution in [0.2, 0.25) is 0 Å². The summed E-state index contributed by atoms with van der Waals surface area (Å²) < 4.78 is 11.8. The Kier molecular flexibility index (Phi) is 4.88. The van der Waals surface area contributed by atoms with Crippen LogP contribution in [0.15, 0.2) is 22.7 Å². The zero-order valence-electron chi connectivity index (χ0n) is 12.6. The molecule has 2 aromatic rings. The molecule has 1 aromatic carbocycles. The van der Waals surface area contributed by atoms with Crippen molar-refractivity contribution in [1.29, 1.82) is 0 Å². The molecule has 5 nitrogen and oxygen atoms in total. The minimum atomic E-state index is -0.238. The number of ether oxygens (including phenoxy) is 1. The van der Waals surface area contributed by atoms with Crippen LogP contribution >= 0.6 is 22.6 Å². The maximum absolute atomic E-state index is 9.77. The van der Waals surface area contributed by atoms with Crippen LogP contribution in [0, 0.1) is 8.99 Å². The van der Waals surface area contributed by atoms with E-state index in [1.165, 1.54) is 0 Å². The van der Waals surface area contributed by atoms with Crippen molar-refractivity contribution in [3.8, 4) is 17.2 Å². The maximum Gasteiger partial charge on any atom is 0.258 e. The molecular weight excluding hydrogens is 383 g/mol. The predicted octanol–water partition coefficient (Wildman–Crippen LogP) is 4.17. The second kappa shape index (κ2) is 6.31. The van der Waals surface area contributed by atoms with Gasteiger partial charge in [0.25, 0.3) is 5.89 Å². The van der Waals surface area contributed by atoms with Gasteiger partial charge in [-0.05, 0) is 53.1 Å². The fourth-order valence-corrected chi connectivity index (χ4v) is 2.32. The molecule has 114 valence electrons. The Morgan fingerprint density at radius 2 is 2.10 bits per heavy atom. The van der Waals surface area contributed by atoms with Crippen LogP contribution in [0.5, 0.6) is 5.75 Å². The largest absolute Gasteiger partial charge is 0.507 e. The van der Waals surface area contributed by atoms with Gasteiger partial charge in [0.05, 0.1) is 3.57 Å². The van der Waals surface area contributed by atoms with Gasteiger partial charge in [0.1, 0.15) is 11.9 Å². The number of phenols is 1. The topological polar surface area (TPSA) is 68.4 Å². The van der Waals surface area contributed by atoms with E-state index in [4.69, 9.17) is 9.26 Å². The smallest absolute Gasteiger partial charge is 0.258 e. The van der Waals surface area contributed by atoms with Crippen LogP contribution in [-0.2, 0) is 4.74 Å². The molecule has 21 heavy (non-hydrogen) atoms. The van der Waals surface area contributed by atoms with Gasteiger partial charge in [0.2, 0.25) is 5.82 Å². The Hall–Kier alpha value is -1.15. The number of aromatic nitrogens is 2. The Bertz CT molecular complexity index is 620. The summed E-state index contributed by atoms with van der Waals surface area (Å²) in [5, 5.41) is 13.8. The molecule has 0 aliphatic rings. The minimum absolute atomic E-state index is 0.134. The molecule has 1 atom stereocenters. The summed E-state index contributed by atoms with van der Waals surface area (Å²) in [6.07, 6.45) is -0.238. The Morgan fingerprint density at radius 3 is 2.67 bits per heavy atom. The van der Waals surface area contributed by atoms with Crippen molar-refractivity contribution in [3.05, 3.63) is 27.6 Å². The van der Waals surface area contributed by atoms with Gasteiger partial charge in [-0.15, -0.1) is 0 Å². The number of hydrogen-bond acceptors (Lipinski definition) is 5. The third kappa shape index (κ3) is 3.74. The van der Waals surface area contributed by atoms with Crippen LogP contribution in [0.1, 0.15) is 39.6 Å². The molecule has 0 saturated carbocycles. The lowest BCUT2D eigenvalue weighted by molar-refractivity contribution is -0.0203. The molecule has 0 amide bonds. The van der Waals surface area contributed by atoms with E-state index in [-0.39, 0.29) is 17.3 Å². The van der Waals surface area contributed by atoms with Crippen molar-refractivity contribution in [2.45, 2.75) is 33.8 Å². The lowest BCUT2D eigenvalue weighted by Gasteiger charge is -2.27. The Morgan fingerprint density at radius 1 is 1.38 bits per heavy atom. The van der Waals surface area contributed by atoms with Crippen molar-refractivity contribution in [2.24, 2.45) is 5.41 Å². The van der Waals surface area contributed by atoms with Crippen LogP contribution in [0.4, 0.5) is 0 Å². The predicted molar refractivity (Wildman–Crippen MR) is 87.9 cm³/mol. The third-order valence-electron chi connectivity index (χ3n) is 2.99. The summed E-state index contributed by atoms with van der Waals surface area (Å²) in [5.74, 6) is 1.10. The second-order valence-electron chi connectivity index (χ2n) is 5.83. The van der Waals surface area contributed by atoms with E-state index in [0.717, 1.165) is 3.57 Å². The molecule has 1 heterocycles. The van der Waals surface area contributed by atoms with Crippen molar-refractivity contribution in [3.63, 3.8) is 0 Å². The van der Waals surface area contributed by atoms with Gasteiger partial charge >= 0.3 is 0 Å². The summed E-state index contributed by atoms with van der Waals surface area (Å²) in [4.78, 5) is 4.42. The van der Waals surface area contributed by atoms with Crippen molar-refractivity contribution < 1.29 is 14.4 Å². The van der Waals surface area contributed by atoms with Gasteiger partial charge in [0.15, 0.2) is 0 Å². The van der Waals surface area contributed by atoms with E-state index in [1.807, 2.05) is 13.0 Å². The zero-order valence-corrected chi connectivity index (χ0v) is 14.7. The second-order valence-corrected chi connectivity index (χ2v) is 6.99. The van der Waals surface area contributed by atoms with E-state index in [9.17, 15) is 5.11 Å². The fourth-order valence-electron chi connectivity index (χ4n) is 1.98. The molecule has 6 heteroatoms. The molecule has 0 saturated heterocycles. The van der Waals surface area contributed by atoms with Gasteiger partial charge in [-0.2, -0.15) is 4.98 Å². The van der Waals surface area contributed by atoms with Gasteiger partial charge in [-0.25, -0.2) is 0 Å². The van der Waals surface area contributed by atoms with E-state index in [1.54, 1.807) is 12.1 Å². The molecule has 0 aliphatic heterocycles. The highest BCUT2D eigenvalue weighted by molar-refractivity contribution is 14.1. The number of nitrogens with zero attached hydrogens (tertiary/aromatic N) is 2. The number of phenolic OH excluding ortho intramolecular Hbond substituents is 1. The highest BCUT2D eigenvalue weighted by Crippen LogP contribution is 2.35. The highest BCUT2D eigenvalue weighted by atomic mass is 127. The van der Waals surface area contributed by atoms with Crippen LogP contribution in [-0.4, -0.2) is 21.9 Å². The molecule has 0 fully saturated rings. The molecule has 0 spiro atoms. The van der Waals surface area contributed by atoms with E-state index in [2.05, 4.69) is 53.5 Å². The SMILES string of the molecule is CCOC(c1noc(-c2ccc(I)c(O)c2)n1)C(C)(C)C. The monoisotopic (exact) mass is 402 g/mol. The lowest BCUT2D eigenvalue weighted by Crippen LogP contribution is -2.22. The van der Waals surface area contributed by atoms with Crippen LogP contribution < -0.4 is 0 Å². The molecular formula is C15H19IN2O3. The summed E-state index contributed by atoms with van der Waals surface area (Å²) in [7, 11) is 0. The summed E-state index contributed by atoms with van der Waals surface area (Å²) in [6, 6.07) is 5.26. The number of rotatable bonds is 4. The normalized spacial score (nSPS) is 13.4. The summed E-state index contributed by atoms with van der Waals surface area (Å²) in [6.45, 7) is 8.73. The molecule has 2 rings (SSSR count). The highest BCUT2D eigenvalue weighted by Gasteiger charge is 2.31. The molecule has 1 unspecified atom stereocenters. The van der Waals surface area contributed by atoms with Crippen LogP contribution in [0.25, 0.3) is 11.5 Å². The minimum Gasteiger partial charge on any atom is -0.507 e. The maximum atomic E-state index is 9.77. The standard InChI is InChI=1S/C15H19IN2O3/c1-5-20-12(15(2,3)4)13-17-14(21-18-13)9-6-7-10(16)11(19)8-9/h6-8,12,19H,5H2,1-4H3. The van der Waals surface area contributed by atoms with Crippen LogP contribution in [0.3, 0.4) is 0 Å². The Labute approximate surface area is 137 Å². The van der Waals surface area contributed by atoms with Gasteiger partial charge in [0, 0.05) is 12.2 Å². The fraction of sp³-hybridized carbons (Fsp3) is 0.467. The third-order valence-corrected chi connectivity index (χ3v) is 3.90. The average molecular weight is 402 g/mol. The average Bonchev–Trinajstić information content (AvgIpc) is 2.87. The molecule has 1 aromatic heterocycles. The number of aromatic hydroxyl groups is 1. The van der Waals surface area contributed by atoms with Crippen molar-refractivity contribution in [1.82, 2.24) is 10.1 Å². The lowest BCUT2D eigenvalue weighted by atomic mass is 9.88. The van der Waals surface area contributed by atoms with E-state index in [0.29, 0.717) is 23.9 Å². The zero-order chi connectivity index (χ0) is 15.6. The number of hydrogen-bond donors (Lipinski definition) is 1. The number of halogens is 1. The van der Waals surface area contributed by atoms with Gasteiger partial charge in [-0.3, -0.25) is 0 Å². The quantitative estimate of drug-likeness (QED) is 0.778. The first-order valence-corrected chi connectivity index (χ1v) is 7.85. The van der Waals surface area contributed by atoms with Crippen molar-refractivity contribution in [2.75, 3.05) is 6.61 Å². The van der Waals surface area contributed by atoms with Crippen molar-refractivity contribution >= 4 is 22.6 Å². The summed E-state index contributed by atoms with van der Waals surface area (Å²) in [5.41, 5.74) is 0.557. The Balaban J connectivity index is 2.33. The molecule has 1 N–H and O–H groups in total. The number of benzene rings is 1. The van der Waals surface area contributed by atoms with Gasteiger partial charge in [-0.1, -0.05) is 25.9 Å². The van der Waals surface area contributed by atoms with E-state index >= 15 is 0 Å². The molecule has 0 bridgehead atoms. The van der Waals surface area contributed by atoms with Gasteiger partial charge < -0.3 is 14.4 Å². The van der Waals surface area contributed by atoms with E-state index < -0.39 is 0 Å². The first-order chi connectivity index (χ1) is 9.82. The first-order valence-electron chi connectivity index (χ1n) is 6.77. The molecule has 0 radical (unpaired) electrons.